The normalized spacial score (nSPS) is 12.5. The van der Waals surface area contributed by atoms with Crippen LogP contribution in [0, 0.1) is 0 Å². The van der Waals surface area contributed by atoms with Crippen molar-refractivity contribution in [2.75, 3.05) is 0 Å². The van der Waals surface area contributed by atoms with E-state index in [1.807, 2.05) is 26.0 Å². The number of aryl methyl sites for hydroxylation is 1. The van der Waals surface area contributed by atoms with E-state index in [9.17, 15) is 0 Å². The molecular formula is C20H26ClN3. The van der Waals surface area contributed by atoms with Gasteiger partial charge in [0.1, 0.15) is 11.0 Å². The number of nitrogens with zero attached hydrogens (tertiary/aromatic N) is 2. The molecule has 0 radical (unpaired) electrons. The van der Waals surface area contributed by atoms with Crippen molar-refractivity contribution in [3.05, 3.63) is 52.1 Å². The molecule has 0 spiro atoms. The van der Waals surface area contributed by atoms with Gasteiger partial charge < -0.3 is 4.98 Å². The van der Waals surface area contributed by atoms with Gasteiger partial charge in [-0.25, -0.2) is 9.97 Å². The van der Waals surface area contributed by atoms with Crippen molar-refractivity contribution in [1.82, 2.24) is 15.0 Å². The maximum atomic E-state index is 6.43. The van der Waals surface area contributed by atoms with Gasteiger partial charge in [0.2, 0.25) is 0 Å². The molecule has 0 aliphatic carbocycles. The average molecular weight is 344 g/mol. The van der Waals surface area contributed by atoms with Crippen LogP contribution in [-0.4, -0.2) is 15.0 Å². The summed E-state index contributed by atoms with van der Waals surface area (Å²) >= 11 is 6.43. The summed E-state index contributed by atoms with van der Waals surface area (Å²) < 4.78 is 0. The third-order valence-corrected chi connectivity index (χ3v) is 4.35. The van der Waals surface area contributed by atoms with E-state index in [2.05, 4.69) is 50.3 Å². The lowest BCUT2D eigenvalue weighted by Gasteiger charge is -2.18. The fraction of sp³-hybridized carbons (Fsp3) is 0.400. The lowest BCUT2D eigenvalue weighted by Crippen LogP contribution is -2.13. The lowest BCUT2D eigenvalue weighted by molar-refractivity contribution is 0.569. The Kier molecular flexibility index (Phi) is 5.34. The van der Waals surface area contributed by atoms with E-state index in [1.165, 1.54) is 0 Å². The summed E-state index contributed by atoms with van der Waals surface area (Å²) in [7, 11) is 0. The second kappa shape index (κ2) is 6.94. The van der Waals surface area contributed by atoms with Gasteiger partial charge in [0.15, 0.2) is 0 Å². The third-order valence-electron chi connectivity index (χ3n) is 4.06. The number of H-pyrrole nitrogens is 1. The first kappa shape index (κ1) is 18.5. The molecule has 2 aromatic heterocycles. The highest BCUT2D eigenvalue weighted by atomic mass is 35.5. The van der Waals surface area contributed by atoms with Crippen molar-refractivity contribution in [2.45, 2.75) is 53.4 Å². The summed E-state index contributed by atoms with van der Waals surface area (Å²) in [5.74, 6) is 0.755. The molecule has 0 unspecified atom stereocenters. The number of hydrogen-bond acceptors (Lipinski definition) is 2. The van der Waals surface area contributed by atoms with E-state index in [4.69, 9.17) is 16.6 Å². The first-order valence-corrected chi connectivity index (χ1v) is 8.61. The van der Waals surface area contributed by atoms with Gasteiger partial charge in [-0.2, -0.15) is 0 Å². The number of nitrogens with one attached hydrogen (secondary N) is 1. The van der Waals surface area contributed by atoms with Gasteiger partial charge >= 0.3 is 0 Å². The Bertz CT molecular complexity index is 792. The number of rotatable bonds is 4. The van der Waals surface area contributed by atoms with Gasteiger partial charge in [0, 0.05) is 16.8 Å². The standard InChI is InChI=1S/C20H26ClN3/c1-8-15-16(11-13(4)12(2)3)23-19(22-15)14-9-10-17(20(5,6)7)24-18(14)21/h9-11H,2,8H2,1,3-7H3,(H,22,23). The zero-order valence-corrected chi connectivity index (χ0v) is 16.2. The lowest BCUT2D eigenvalue weighted by atomic mass is 9.91. The molecule has 0 saturated carbocycles. The van der Waals surface area contributed by atoms with Crippen LogP contribution in [-0.2, 0) is 11.8 Å². The summed E-state index contributed by atoms with van der Waals surface area (Å²) in [5, 5.41) is 0.478. The molecule has 0 amide bonds. The fourth-order valence-electron chi connectivity index (χ4n) is 2.30. The van der Waals surface area contributed by atoms with Gasteiger partial charge in [-0.1, -0.05) is 51.4 Å². The Morgan fingerprint density at radius 2 is 1.92 bits per heavy atom. The minimum absolute atomic E-state index is 0.0353. The van der Waals surface area contributed by atoms with Crippen molar-refractivity contribution in [3.63, 3.8) is 0 Å². The van der Waals surface area contributed by atoms with Crippen LogP contribution in [0.3, 0.4) is 0 Å². The Labute approximate surface area is 149 Å². The maximum Gasteiger partial charge on any atom is 0.141 e. The van der Waals surface area contributed by atoms with Crippen molar-refractivity contribution < 1.29 is 0 Å². The number of imidazole rings is 1. The fourth-order valence-corrected chi connectivity index (χ4v) is 2.54. The summed E-state index contributed by atoms with van der Waals surface area (Å²) in [4.78, 5) is 12.7. The van der Waals surface area contributed by atoms with Crippen molar-refractivity contribution in [1.29, 1.82) is 0 Å². The van der Waals surface area contributed by atoms with Crippen molar-refractivity contribution >= 4 is 17.7 Å². The number of aromatic amines is 1. The van der Waals surface area contributed by atoms with Gasteiger partial charge in [0.05, 0.1) is 11.3 Å². The molecule has 4 heteroatoms. The van der Waals surface area contributed by atoms with Crippen LogP contribution in [0.25, 0.3) is 17.5 Å². The molecule has 3 nitrogen and oxygen atoms in total. The predicted octanol–water partition coefficient (Wildman–Crippen LogP) is 5.96. The summed E-state index contributed by atoms with van der Waals surface area (Å²) in [6.45, 7) is 16.5. The van der Waals surface area contributed by atoms with Crippen LogP contribution in [0.5, 0.6) is 0 Å². The Hall–Kier alpha value is -1.87. The van der Waals surface area contributed by atoms with Gasteiger partial charge in [-0.05, 0) is 44.1 Å². The number of hydrogen-bond donors (Lipinski definition) is 1. The molecule has 128 valence electrons. The van der Waals surface area contributed by atoms with E-state index < -0.39 is 0 Å². The second-order valence-corrected chi connectivity index (χ2v) is 7.55. The minimum Gasteiger partial charge on any atom is -0.341 e. The highest BCUT2D eigenvalue weighted by molar-refractivity contribution is 6.32. The highest BCUT2D eigenvalue weighted by Gasteiger charge is 2.19. The van der Waals surface area contributed by atoms with Crippen LogP contribution in [0.2, 0.25) is 5.15 Å². The molecule has 2 aromatic rings. The molecule has 0 aliphatic rings. The average Bonchev–Trinajstić information content (AvgIpc) is 2.88. The SMILES string of the molecule is C=C(C)C(C)=Cc1nc(-c2ccc(C(C)(C)C)nc2Cl)[nH]c1CC. The quantitative estimate of drug-likeness (QED) is 0.549. The maximum absolute atomic E-state index is 6.43. The number of aromatic nitrogens is 3. The van der Waals surface area contributed by atoms with Gasteiger partial charge in [-0.15, -0.1) is 0 Å². The molecule has 0 aromatic carbocycles. The molecule has 0 fully saturated rings. The van der Waals surface area contributed by atoms with Crippen LogP contribution in [0.4, 0.5) is 0 Å². The van der Waals surface area contributed by atoms with Crippen LogP contribution in [0.1, 0.15) is 58.6 Å². The third kappa shape index (κ3) is 3.96. The van der Waals surface area contributed by atoms with Crippen molar-refractivity contribution in [2.24, 2.45) is 0 Å². The molecule has 0 saturated heterocycles. The first-order chi connectivity index (χ1) is 11.1. The Morgan fingerprint density at radius 1 is 1.25 bits per heavy atom. The number of pyridine rings is 1. The molecule has 1 N–H and O–H groups in total. The van der Waals surface area contributed by atoms with E-state index in [0.717, 1.165) is 46.0 Å². The van der Waals surface area contributed by atoms with Crippen LogP contribution < -0.4 is 0 Å². The smallest absolute Gasteiger partial charge is 0.141 e. The van der Waals surface area contributed by atoms with E-state index in [-0.39, 0.29) is 5.41 Å². The van der Waals surface area contributed by atoms with Gasteiger partial charge in [-0.3, -0.25) is 0 Å². The number of allylic oxidation sites excluding steroid dienone is 2. The van der Waals surface area contributed by atoms with E-state index in [0.29, 0.717) is 5.15 Å². The van der Waals surface area contributed by atoms with Crippen LogP contribution >= 0.6 is 11.6 Å². The highest BCUT2D eigenvalue weighted by Crippen LogP contribution is 2.30. The summed E-state index contributed by atoms with van der Waals surface area (Å²) in [6, 6.07) is 4.01. The largest absolute Gasteiger partial charge is 0.341 e. The van der Waals surface area contributed by atoms with Crippen molar-refractivity contribution in [3.8, 4) is 11.4 Å². The van der Waals surface area contributed by atoms with E-state index in [1.54, 1.807) is 0 Å². The summed E-state index contributed by atoms with van der Waals surface area (Å²) in [6.07, 6.45) is 2.93. The zero-order chi connectivity index (χ0) is 18.1. The Morgan fingerprint density at radius 3 is 2.42 bits per heavy atom. The zero-order valence-electron chi connectivity index (χ0n) is 15.4. The minimum atomic E-state index is -0.0353. The predicted molar refractivity (Wildman–Crippen MR) is 103 cm³/mol. The first-order valence-electron chi connectivity index (χ1n) is 8.24. The summed E-state index contributed by atoms with van der Waals surface area (Å²) in [5.41, 5.74) is 5.94. The molecule has 0 bridgehead atoms. The number of halogens is 1. The molecule has 2 rings (SSSR count). The van der Waals surface area contributed by atoms with E-state index >= 15 is 0 Å². The topological polar surface area (TPSA) is 41.6 Å². The van der Waals surface area contributed by atoms with Crippen LogP contribution in [0.15, 0.2) is 29.9 Å². The molecule has 0 aliphatic heterocycles. The second-order valence-electron chi connectivity index (χ2n) is 7.20. The molecule has 24 heavy (non-hydrogen) atoms. The Balaban J connectivity index is 2.49. The monoisotopic (exact) mass is 343 g/mol. The molecule has 0 atom stereocenters. The molecule has 2 heterocycles. The van der Waals surface area contributed by atoms with Gasteiger partial charge in [0.25, 0.3) is 0 Å². The molecular weight excluding hydrogens is 318 g/mol.